The van der Waals surface area contributed by atoms with Crippen LogP contribution >= 0.6 is 0 Å². The highest BCUT2D eigenvalue weighted by atomic mass is 16.5. The number of methoxy groups -OCH3 is 2. The largest absolute Gasteiger partial charge is 0.493 e. The second-order valence-electron chi connectivity index (χ2n) is 6.80. The van der Waals surface area contributed by atoms with Crippen LogP contribution in [0, 0.1) is 5.41 Å². The topological polar surface area (TPSA) is 33.7 Å². The molecule has 1 aliphatic heterocycles. The highest BCUT2D eigenvalue weighted by molar-refractivity contribution is 5.42. The summed E-state index contributed by atoms with van der Waals surface area (Å²) in [6.07, 6.45) is 0. The van der Waals surface area contributed by atoms with Crippen molar-refractivity contribution in [3.8, 4) is 11.5 Å². The lowest BCUT2D eigenvalue weighted by Gasteiger charge is -2.40. The zero-order valence-corrected chi connectivity index (χ0v) is 13.9. The van der Waals surface area contributed by atoms with Crippen molar-refractivity contribution >= 4 is 0 Å². The zero-order valence-electron chi connectivity index (χ0n) is 13.9. The van der Waals surface area contributed by atoms with Gasteiger partial charge >= 0.3 is 0 Å². The molecule has 1 aromatic carbocycles. The molecular formula is C17H28N2O2. The van der Waals surface area contributed by atoms with Crippen molar-refractivity contribution in [3.05, 3.63) is 23.8 Å². The molecule has 1 fully saturated rings. The molecule has 1 saturated heterocycles. The lowest BCUT2D eigenvalue weighted by atomic mass is 9.85. The summed E-state index contributed by atoms with van der Waals surface area (Å²) in [6, 6.07) is 6.71. The van der Waals surface area contributed by atoms with E-state index in [2.05, 4.69) is 43.1 Å². The summed E-state index contributed by atoms with van der Waals surface area (Å²) in [5, 5.41) is 3.63. The number of nitrogens with one attached hydrogen (secondary N) is 1. The maximum atomic E-state index is 5.39. The molecule has 0 saturated carbocycles. The van der Waals surface area contributed by atoms with Gasteiger partial charge in [-0.2, -0.15) is 0 Å². The van der Waals surface area contributed by atoms with Gasteiger partial charge in [0.1, 0.15) is 0 Å². The molecule has 1 unspecified atom stereocenters. The lowest BCUT2D eigenvalue weighted by molar-refractivity contribution is 0.129. The highest BCUT2D eigenvalue weighted by Gasteiger charge is 2.29. The van der Waals surface area contributed by atoms with Crippen molar-refractivity contribution in [2.45, 2.75) is 33.4 Å². The minimum atomic E-state index is 0.288. The van der Waals surface area contributed by atoms with Gasteiger partial charge in [0.25, 0.3) is 0 Å². The fraction of sp³-hybridized carbons (Fsp3) is 0.647. The molecule has 21 heavy (non-hydrogen) atoms. The van der Waals surface area contributed by atoms with Gasteiger partial charge in [-0.05, 0) is 23.1 Å². The average molecular weight is 292 g/mol. The molecule has 2 rings (SSSR count). The molecule has 1 aromatic rings. The minimum absolute atomic E-state index is 0.288. The molecule has 0 amide bonds. The van der Waals surface area contributed by atoms with Gasteiger partial charge in [-0.15, -0.1) is 0 Å². The monoisotopic (exact) mass is 292 g/mol. The Morgan fingerprint density at radius 2 is 1.90 bits per heavy atom. The fourth-order valence-corrected chi connectivity index (χ4v) is 2.77. The van der Waals surface area contributed by atoms with Crippen LogP contribution in [0.3, 0.4) is 0 Å². The van der Waals surface area contributed by atoms with E-state index in [0.717, 1.165) is 37.7 Å². The number of hydrogen-bond donors (Lipinski definition) is 1. The van der Waals surface area contributed by atoms with Gasteiger partial charge in [0, 0.05) is 32.2 Å². The summed E-state index contributed by atoms with van der Waals surface area (Å²) in [5.41, 5.74) is 1.55. The van der Waals surface area contributed by atoms with Gasteiger partial charge in [-0.1, -0.05) is 26.8 Å². The number of piperazine rings is 1. The predicted molar refractivity (Wildman–Crippen MR) is 86.1 cm³/mol. The van der Waals surface area contributed by atoms with Crippen molar-refractivity contribution in [2.24, 2.45) is 5.41 Å². The molecule has 1 aliphatic rings. The van der Waals surface area contributed by atoms with Crippen molar-refractivity contribution in [3.63, 3.8) is 0 Å². The van der Waals surface area contributed by atoms with Crippen LogP contribution in [0.4, 0.5) is 0 Å². The van der Waals surface area contributed by atoms with E-state index in [-0.39, 0.29) is 5.41 Å². The Labute approximate surface area is 128 Å². The van der Waals surface area contributed by atoms with Crippen LogP contribution in [-0.2, 0) is 6.54 Å². The number of ether oxygens (including phenoxy) is 2. The smallest absolute Gasteiger partial charge is 0.161 e. The van der Waals surface area contributed by atoms with E-state index in [1.165, 1.54) is 5.56 Å². The van der Waals surface area contributed by atoms with Crippen LogP contribution in [-0.4, -0.2) is 44.8 Å². The zero-order chi connectivity index (χ0) is 15.5. The fourth-order valence-electron chi connectivity index (χ4n) is 2.77. The first-order valence-corrected chi connectivity index (χ1v) is 7.60. The molecule has 0 aromatic heterocycles. The van der Waals surface area contributed by atoms with Gasteiger partial charge in [0.2, 0.25) is 0 Å². The molecule has 0 bridgehead atoms. The third-order valence-corrected chi connectivity index (χ3v) is 4.16. The molecule has 4 heteroatoms. The van der Waals surface area contributed by atoms with Crippen molar-refractivity contribution in [2.75, 3.05) is 33.9 Å². The summed E-state index contributed by atoms with van der Waals surface area (Å²) in [6.45, 7) is 11.1. The Morgan fingerprint density at radius 3 is 2.52 bits per heavy atom. The summed E-state index contributed by atoms with van der Waals surface area (Å²) in [4.78, 5) is 2.51. The first-order chi connectivity index (χ1) is 9.94. The normalized spacial score (nSPS) is 20.3. The third kappa shape index (κ3) is 4.11. The predicted octanol–water partition coefficient (Wildman–Crippen LogP) is 2.52. The molecule has 118 valence electrons. The molecule has 1 atom stereocenters. The Kier molecular flexibility index (Phi) is 5.12. The molecular weight excluding hydrogens is 264 g/mol. The first kappa shape index (κ1) is 16.1. The standard InChI is InChI=1S/C17H28N2O2/c1-17(2,3)16-12-19(9-8-18-16)11-13-6-7-14(20-4)15(10-13)21-5/h6-7,10,16,18H,8-9,11-12H2,1-5H3. The van der Waals surface area contributed by atoms with Crippen molar-refractivity contribution < 1.29 is 9.47 Å². The molecule has 0 radical (unpaired) electrons. The van der Waals surface area contributed by atoms with Crippen molar-refractivity contribution in [1.82, 2.24) is 10.2 Å². The van der Waals surface area contributed by atoms with E-state index in [1.807, 2.05) is 6.07 Å². The van der Waals surface area contributed by atoms with Crippen LogP contribution in [0.15, 0.2) is 18.2 Å². The summed E-state index contributed by atoms with van der Waals surface area (Å²) >= 11 is 0. The summed E-state index contributed by atoms with van der Waals surface area (Å²) in [7, 11) is 3.35. The number of benzene rings is 1. The molecule has 1 N–H and O–H groups in total. The maximum absolute atomic E-state index is 5.39. The second kappa shape index (κ2) is 6.67. The third-order valence-electron chi connectivity index (χ3n) is 4.16. The Bertz CT molecular complexity index is 468. The maximum Gasteiger partial charge on any atom is 0.161 e. The Hall–Kier alpha value is -1.26. The van der Waals surface area contributed by atoms with Crippen LogP contribution in [0.25, 0.3) is 0 Å². The highest BCUT2D eigenvalue weighted by Crippen LogP contribution is 2.28. The van der Waals surface area contributed by atoms with E-state index < -0.39 is 0 Å². The van der Waals surface area contributed by atoms with E-state index in [1.54, 1.807) is 14.2 Å². The van der Waals surface area contributed by atoms with E-state index in [4.69, 9.17) is 9.47 Å². The molecule has 1 heterocycles. The van der Waals surface area contributed by atoms with Gasteiger partial charge in [0.05, 0.1) is 14.2 Å². The van der Waals surface area contributed by atoms with Crippen LogP contribution in [0.2, 0.25) is 0 Å². The summed E-state index contributed by atoms with van der Waals surface area (Å²) < 4.78 is 10.7. The van der Waals surface area contributed by atoms with E-state index >= 15 is 0 Å². The van der Waals surface area contributed by atoms with Crippen LogP contribution in [0.1, 0.15) is 26.3 Å². The lowest BCUT2D eigenvalue weighted by Crippen LogP contribution is -2.55. The Morgan fingerprint density at radius 1 is 1.19 bits per heavy atom. The van der Waals surface area contributed by atoms with Gasteiger partial charge in [0.15, 0.2) is 11.5 Å². The van der Waals surface area contributed by atoms with Crippen LogP contribution < -0.4 is 14.8 Å². The number of nitrogens with zero attached hydrogens (tertiary/aromatic N) is 1. The Balaban J connectivity index is 2.04. The number of rotatable bonds is 4. The quantitative estimate of drug-likeness (QED) is 0.924. The van der Waals surface area contributed by atoms with Gasteiger partial charge in [-0.25, -0.2) is 0 Å². The molecule has 0 spiro atoms. The molecule has 4 nitrogen and oxygen atoms in total. The second-order valence-corrected chi connectivity index (χ2v) is 6.80. The number of hydrogen-bond acceptors (Lipinski definition) is 4. The first-order valence-electron chi connectivity index (χ1n) is 7.60. The van der Waals surface area contributed by atoms with Gasteiger partial charge in [-0.3, -0.25) is 4.90 Å². The average Bonchev–Trinajstić information content (AvgIpc) is 2.46. The molecule has 0 aliphatic carbocycles. The van der Waals surface area contributed by atoms with Gasteiger partial charge < -0.3 is 14.8 Å². The van der Waals surface area contributed by atoms with Crippen LogP contribution in [0.5, 0.6) is 11.5 Å². The van der Waals surface area contributed by atoms with Crippen molar-refractivity contribution in [1.29, 1.82) is 0 Å². The van der Waals surface area contributed by atoms with E-state index in [9.17, 15) is 0 Å². The SMILES string of the molecule is COc1ccc(CN2CCNC(C(C)(C)C)C2)cc1OC. The minimum Gasteiger partial charge on any atom is -0.493 e. The van der Waals surface area contributed by atoms with E-state index in [0.29, 0.717) is 6.04 Å². The summed E-state index contributed by atoms with van der Waals surface area (Å²) in [5.74, 6) is 1.59.